The molecule has 1 heterocycles. The first-order valence-corrected chi connectivity index (χ1v) is 11.8. The number of benzene rings is 3. The van der Waals surface area contributed by atoms with E-state index < -0.39 is 42.5 Å². The first-order valence-electron chi connectivity index (χ1n) is 11.0. The van der Waals surface area contributed by atoms with Gasteiger partial charge in [0.2, 0.25) is 0 Å². The third-order valence-electron chi connectivity index (χ3n) is 5.94. The Bertz CT molecular complexity index is 1470. The van der Waals surface area contributed by atoms with E-state index in [4.69, 9.17) is 28.0 Å². The molecule has 0 aromatic heterocycles. The summed E-state index contributed by atoms with van der Waals surface area (Å²) in [5, 5.41) is 9.33. The van der Waals surface area contributed by atoms with Gasteiger partial charge in [0.05, 0.1) is 12.3 Å². The Morgan fingerprint density at radius 2 is 1.69 bits per heavy atom. The molecule has 1 aliphatic heterocycles. The van der Waals surface area contributed by atoms with Gasteiger partial charge in [-0.3, -0.25) is 4.79 Å². The number of alkyl halides is 6. The number of hydrogen-bond donors (Lipinski definition) is 1. The molecule has 0 bridgehead atoms. The molecule has 0 saturated heterocycles. The zero-order valence-electron chi connectivity index (χ0n) is 19.8. The molecular formula is C25H17Cl2F6N3O3. The number of amides is 1. The molecular weight excluding hydrogens is 575 g/mol. The van der Waals surface area contributed by atoms with Gasteiger partial charge >= 0.3 is 12.4 Å². The van der Waals surface area contributed by atoms with Crippen LogP contribution in [-0.4, -0.2) is 43.3 Å². The van der Waals surface area contributed by atoms with E-state index in [1.54, 1.807) is 18.2 Å². The van der Waals surface area contributed by atoms with E-state index in [0.29, 0.717) is 5.39 Å². The molecule has 14 heteroatoms. The van der Waals surface area contributed by atoms with E-state index in [-0.39, 0.29) is 37.8 Å². The molecule has 4 rings (SSSR count). The van der Waals surface area contributed by atoms with E-state index in [0.717, 1.165) is 19.2 Å². The van der Waals surface area contributed by atoms with Crippen LogP contribution in [-0.2, 0) is 15.3 Å². The van der Waals surface area contributed by atoms with Crippen LogP contribution in [0, 0.1) is 0 Å². The molecule has 1 unspecified atom stereocenters. The van der Waals surface area contributed by atoms with Crippen LogP contribution in [0.15, 0.2) is 64.9 Å². The van der Waals surface area contributed by atoms with Crippen LogP contribution in [0.4, 0.5) is 26.3 Å². The normalized spacial score (nSPS) is 18.1. The zero-order valence-corrected chi connectivity index (χ0v) is 21.3. The van der Waals surface area contributed by atoms with Crippen LogP contribution in [0.3, 0.4) is 0 Å². The average Bonchev–Trinajstić information content (AvgIpc) is 3.31. The minimum Gasteiger partial charge on any atom is -0.399 e. The number of rotatable bonds is 6. The Morgan fingerprint density at radius 3 is 2.28 bits per heavy atom. The molecule has 206 valence electrons. The summed E-state index contributed by atoms with van der Waals surface area (Å²) in [6.07, 6.45) is -10.5. The molecule has 0 radical (unpaired) electrons. The summed E-state index contributed by atoms with van der Waals surface area (Å²) in [5.74, 6) is -0.867. The molecule has 1 aliphatic rings. The fourth-order valence-electron chi connectivity index (χ4n) is 4.14. The second-order valence-electron chi connectivity index (χ2n) is 8.40. The minimum absolute atomic E-state index is 0.0171. The standard InChI is InChI=1S/C25H17Cl2F6N3O3/c1-38-36-21(24(28,29)30)12-34-22(37)19-7-6-18(16-4-2-3-5-17(16)19)20-11-23(39-35-20,25(31,32)33)13-8-14(26)10-15(27)9-13/h2-10H,11-12H2,1H3,(H,34,37). The van der Waals surface area contributed by atoms with Gasteiger partial charge in [-0.25, -0.2) is 0 Å². The van der Waals surface area contributed by atoms with E-state index in [1.165, 1.54) is 24.3 Å². The zero-order chi connectivity index (χ0) is 28.6. The average molecular weight is 592 g/mol. The minimum atomic E-state index is -4.91. The lowest BCUT2D eigenvalue weighted by molar-refractivity contribution is -0.275. The second-order valence-corrected chi connectivity index (χ2v) is 9.27. The fraction of sp³-hybridized carbons (Fsp3) is 0.240. The van der Waals surface area contributed by atoms with E-state index in [2.05, 4.69) is 20.5 Å². The quantitative estimate of drug-likeness (QED) is 0.190. The Kier molecular flexibility index (Phi) is 7.72. The Hall–Kier alpha value is -3.51. The monoisotopic (exact) mass is 591 g/mol. The van der Waals surface area contributed by atoms with Crippen molar-refractivity contribution in [3.8, 4) is 0 Å². The van der Waals surface area contributed by atoms with Gasteiger partial charge in [-0.1, -0.05) is 63.8 Å². The lowest BCUT2D eigenvalue weighted by atomic mass is 9.85. The third kappa shape index (κ3) is 5.62. The molecule has 3 aromatic rings. The van der Waals surface area contributed by atoms with Gasteiger partial charge in [-0.2, -0.15) is 26.3 Å². The largest absolute Gasteiger partial charge is 0.435 e. The Labute approximate surface area is 227 Å². The highest BCUT2D eigenvalue weighted by Gasteiger charge is 2.62. The van der Waals surface area contributed by atoms with Crippen LogP contribution in [0.25, 0.3) is 10.8 Å². The number of fused-ring (bicyclic) bond motifs is 1. The van der Waals surface area contributed by atoms with Crippen LogP contribution < -0.4 is 5.32 Å². The van der Waals surface area contributed by atoms with Crippen molar-refractivity contribution >= 4 is 51.3 Å². The highest BCUT2D eigenvalue weighted by Crippen LogP contribution is 2.50. The van der Waals surface area contributed by atoms with Gasteiger partial charge in [0.15, 0.2) is 5.71 Å². The molecule has 39 heavy (non-hydrogen) atoms. The summed E-state index contributed by atoms with van der Waals surface area (Å²) in [6, 6.07) is 12.3. The predicted octanol–water partition coefficient (Wildman–Crippen LogP) is 7.02. The molecule has 1 amide bonds. The van der Waals surface area contributed by atoms with Gasteiger partial charge in [-0.05, 0) is 35.0 Å². The number of carbonyl (C=O) groups excluding carboxylic acids is 1. The van der Waals surface area contributed by atoms with Gasteiger partial charge in [0, 0.05) is 33.2 Å². The second kappa shape index (κ2) is 10.6. The van der Waals surface area contributed by atoms with Crippen molar-refractivity contribution in [3.05, 3.63) is 81.3 Å². The summed E-state index contributed by atoms with van der Waals surface area (Å²) in [6.45, 7) is -0.969. The highest BCUT2D eigenvalue weighted by atomic mass is 35.5. The molecule has 0 aliphatic carbocycles. The van der Waals surface area contributed by atoms with E-state index in [1.807, 2.05) is 0 Å². The maximum Gasteiger partial charge on any atom is 0.435 e. The summed E-state index contributed by atoms with van der Waals surface area (Å²) >= 11 is 11.9. The van der Waals surface area contributed by atoms with Gasteiger partial charge in [0.1, 0.15) is 7.11 Å². The lowest BCUT2D eigenvalue weighted by Crippen LogP contribution is -2.42. The SMILES string of the molecule is CON=C(CNC(=O)c1ccc(C2=NOC(c3cc(Cl)cc(Cl)c3)(C(F)(F)F)C2)c2ccccc12)C(F)(F)F. The van der Waals surface area contributed by atoms with Crippen molar-refractivity contribution < 1.29 is 40.8 Å². The van der Waals surface area contributed by atoms with Crippen molar-refractivity contribution in [2.24, 2.45) is 10.3 Å². The van der Waals surface area contributed by atoms with Crippen LogP contribution in [0.2, 0.25) is 10.0 Å². The molecule has 3 aromatic carbocycles. The molecule has 0 saturated carbocycles. The summed E-state index contributed by atoms with van der Waals surface area (Å²) in [5.41, 5.74) is -4.43. The first kappa shape index (κ1) is 28.5. The Balaban J connectivity index is 1.69. The number of nitrogens with zero attached hydrogens (tertiary/aromatic N) is 2. The van der Waals surface area contributed by atoms with Gasteiger partial charge < -0.3 is 15.0 Å². The fourth-order valence-corrected chi connectivity index (χ4v) is 4.66. The van der Waals surface area contributed by atoms with Crippen molar-refractivity contribution in [3.63, 3.8) is 0 Å². The Morgan fingerprint density at radius 1 is 1.05 bits per heavy atom. The van der Waals surface area contributed by atoms with Crippen molar-refractivity contribution in [2.75, 3.05) is 13.7 Å². The topological polar surface area (TPSA) is 72.3 Å². The molecule has 1 N–H and O–H groups in total. The number of halogens is 8. The number of oxime groups is 2. The first-order chi connectivity index (χ1) is 18.3. The lowest BCUT2D eigenvalue weighted by Gasteiger charge is -2.29. The smallest absolute Gasteiger partial charge is 0.399 e. The number of carbonyl (C=O) groups is 1. The van der Waals surface area contributed by atoms with E-state index in [9.17, 15) is 31.1 Å². The summed E-state index contributed by atoms with van der Waals surface area (Å²) < 4.78 is 82.4. The molecule has 0 spiro atoms. The number of hydrogen-bond acceptors (Lipinski definition) is 5. The molecule has 6 nitrogen and oxygen atoms in total. The molecule has 1 atom stereocenters. The van der Waals surface area contributed by atoms with Gasteiger partial charge in [0.25, 0.3) is 11.5 Å². The van der Waals surface area contributed by atoms with Crippen molar-refractivity contribution in [1.29, 1.82) is 0 Å². The predicted molar refractivity (Wildman–Crippen MR) is 133 cm³/mol. The van der Waals surface area contributed by atoms with Crippen molar-refractivity contribution in [1.82, 2.24) is 5.32 Å². The highest BCUT2D eigenvalue weighted by molar-refractivity contribution is 6.34. The maximum atomic E-state index is 14.4. The summed E-state index contributed by atoms with van der Waals surface area (Å²) in [4.78, 5) is 22.1. The maximum absolute atomic E-state index is 14.4. The molecule has 0 fully saturated rings. The van der Waals surface area contributed by atoms with Crippen LogP contribution in [0.5, 0.6) is 0 Å². The van der Waals surface area contributed by atoms with Crippen LogP contribution in [0.1, 0.15) is 27.9 Å². The van der Waals surface area contributed by atoms with Crippen LogP contribution >= 0.6 is 23.2 Å². The summed E-state index contributed by atoms with van der Waals surface area (Å²) in [7, 11) is 0.934. The van der Waals surface area contributed by atoms with E-state index >= 15 is 0 Å². The van der Waals surface area contributed by atoms with Gasteiger partial charge in [-0.15, -0.1) is 0 Å². The third-order valence-corrected chi connectivity index (χ3v) is 6.38. The number of nitrogens with one attached hydrogen (secondary N) is 1. The van der Waals surface area contributed by atoms with Crippen molar-refractivity contribution in [2.45, 2.75) is 24.4 Å².